The lowest BCUT2D eigenvalue weighted by atomic mass is 9.36. The van der Waals surface area contributed by atoms with Crippen molar-refractivity contribution in [2.24, 2.45) is 63.4 Å². The number of aliphatic hydroxyl groups is 7. The zero-order valence-corrected chi connectivity index (χ0v) is 38.6. The van der Waals surface area contributed by atoms with E-state index in [1.807, 2.05) is 12.2 Å². The SMILES string of the molecule is CCCC1CCC2OC(C(O)C(C)(O)C3CCC4(O)C5=C(NCC(C)O)C(=O)C67CC#CCC34CC3C=CC(C4=C(CCCO)NC(N)C=C4)CC6(CC(O)C(O)C7)C53)C(C)C2CC1. The van der Waals surface area contributed by atoms with E-state index in [9.17, 15) is 35.7 Å². The Bertz CT molecular complexity index is 2000. The molecule has 3 spiro atoms. The summed E-state index contributed by atoms with van der Waals surface area (Å²) in [6.07, 6.45) is 12.7. The average molecular weight is 888 g/mol. The lowest BCUT2D eigenvalue weighted by Gasteiger charge is -2.68. The first-order valence-corrected chi connectivity index (χ1v) is 25.0. The van der Waals surface area contributed by atoms with Gasteiger partial charge in [0.15, 0.2) is 5.78 Å². The molecule has 0 radical (unpaired) electrons. The Hall–Kier alpha value is -2.57. The summed E-state index contributed by atoms with van der Waals surface area (Å²) in [6.45, 7) is 7.86. The van der Waals surface area contributed by atoms with Crippen molar-refractivity contribution in [3.8, 4) is 11.8 Å². The van der Waals surface area contributed by atoms with Gasteiger partial charge in [0.25, 0.3) is 0 Å². The summed E-state index contributed by atoms with van der Waals surface area (Å²) in [7, 11) is 0. The molecule has 8 aliphatic carbocycles. The van der Waals surface area contributed by atoms with Crippen LogP contribution in [0.1, 0.15) is 130 Å². The van der Waals surface area contributed by atoms with Crippen LogP contribution in [0.3, 0.4) is 0 Å². The summed E-state index contributed by atoms with van der Waals surface area (Å²) in [6, 6.07) is 0. The molecule has 0 aromatic heterocycles. The Morgan fingerprint density at radius 2 is 1.77 bits per heavy atom. The largest absolute Gasteiger partial charge is 0.396 e. The number of ketones is 1. The van der Waals surface area contributed by atoms with Crippen LogP contribution in [0.2, 0.25) is 0 Å². The molecule has 0 amide bonds. The van der Waals surface area contributed by atoms with E-state index in [0.717, 1.165) is 37.0 Å². The number of Topliss-reactive ketones (excluding diaryl/α,β-unsaturated/α-hetero) is 1. The minimum absolute atomic E-state index is 0.00589. The van der Waals surface area contributed by atoms with E-state index in [4.69, 9.17) is 10.5 Å². The minimum atomic E-state index is -1.71. The molecule has 0 aromatic rings. The molecule has 10 aliphatic rings. The first kappa shape index (κ1) is 46.5. The molecular formula is C52H77N3O9. The molecule has 11 N–H and O–H groups in total. The Balaban J connectivity index is 1.20. The second-order valence-electron chi connectivity index (χ2n) is 22.4. The van der Waals surface area contributed by atoms with Gasteiger partial charge in [-0.1, -0.05) is 51.3 Å². The number of aliphatic hydroxyl groups excluding tert-OH is 5. The van der Waals surface area contributed by atoms with Gasteiger partial charge in [-0.25, -0.2) is 0 Å². The molecule has 4 saturated carbocycles. The smallest absolute Gasteiger partial charge is 0.186 e. The van der Waals surface area contributed by atoms with Crippen LogP contribution in [0, 0.1) is 69.5 Å². The maximum Gasteiger partial charge on any atom is 0.186 e. The molecule has 12 nitrogen and oxygen atoms in total. The molecule has 0 aromatic carbocycles. The Morgan fingerprint density at radius 1 is 1.02 bits per heavy atom. The summed E-state index contributed by atoms with van der Waals surface area (Å²) in [5, 5.41) is 90.9. The third-order valence-electron chi connectivity index (χ3n) is 19.0. The first-order valence-electron chi connectivity index (χ1n) is 25.0. The highest BCUT2D eigenvalue weighted by Crippen LogP contribution is 2.76. The van der Waals surface area contributed by atoms with Crippen LogP contribution in [-0.4, -0.2) is 109 Å². The number of ether oxygens (including phenoxy) is 1. The topological polar surface area (TPSA) is 218 Å². The van der Waals surface area contributed by atoms with Crippen LogP contribution in [0.4, 0.5) is 0 Å². The van der Waals surface area contributed by atoms with Crippen molar-refractivity contribution < 1.29 is 45.3 Å². The van der Waals surface area contributed by atoms with E-state index in [1.165, 1.54) is 12.8 Å². The van der Waals surface area contributed by atoms with E-state index in [2.05, 4.69) is 48.5 Å². The fraction of sp³-hybridized carbons (Fsp3) is 0.788. The molecule has 2 aliphatic heterocycles. The monoisotopic (exact) mass is 888 g/mol. The van der Waals surface area contributed by atoms with Crippen molar-refractivity contribution in [1.82, 2.24) is 10.6 Å². The molecule has 2 heterocycles. The number of nitrogens with two attached hydrogens (primary N) is 1. The number of hydrogen-bond donors (Lipinski definition) is 10. The second kappa shape index (κ2) is 17.2. The third kappa shape index (κ3) is 6.99. The number of fused-ring (bicyclic) bond motifs is 4. The summed E-state index contributed by atoms with van der Waals surface area (Å²) in [4.78, 5) is 16.0. The van der Waals surface area contributed by atoms with Crippen molar-refractivity contribution in [2.75, 3.05) is 13.2 Å². The standard InChI is InChI=1S/C52H77N3O9/c1-5-9-31-11-15-34-30(3)45(64-39(34)17-12-31)47(61)48(4,62)40-19-22-52(63)43-42-33-14-13-32(35-16-18-41(53)55-36(35)10-8-23-56)24-51(42)27-38(59)37(58)26-50(51,21-7-6-20-49(40,52)25-33)46(60)44(43)54-28-29(2)57/h13-14,16,18,29-34,37-42,45,47,54-59,61-63H,5,8-12,15,17,19-28,53H2,1-4H3. The number of hydrogen-bond acceptors (Lipinski definition) is 12. The molecule has 19 unspecified atom stereocenters. The van der Waals surface area contributed by atoms with Gasteiger partial charge in [-0.2, -0.15) is 0 Å². The first-order chi connectivity index (χ1) is 30.5. The van der Waals surface area contributed by atoms with Gasteiger partial charge >= 0.3 is 0 Å². The predicted octanol–water partition coefficient (Wildman–Crippen LogP) is 4.01. The van der Waals surface area contributed by atoms with Gasteiger partial charge in [-0.05, 0) is 143 Å². The van der Waals surface area contributed by atoms with Crippen LogP contribution in [0.15, 0.2) is 46.8 Å². The summed E-state index contributed by atoms with van der Waals surface area (Å²) >= 11 is 0. The Labute approximate surface area is 380 Å². The Kier molecular flexibility index (Phi) is 12.5. The lowest BCUT2D eigenvalue weighted by molar-refractivity contribution is -0.216. The fourth-order valence-electron chi connectivity index (χ4n) is 16.1. The quantitative estimate of drug-likeness (QED) is 0.0994. The zero-order chi connectivity index (χ0) is 45.6. The van der Waals surface area contributed by atoms with Gasteiger partial charge in [-0.15, -0.1) is 11.8 Å². The van der Waals surface area contributed by atoms with E-state index >= 15 is 4.79 Å². The van der Waals surface area contributed by atoms with Crippen molar-refractivity contribution in [3.05, 3.63) is 46.8 Å². The summed E-state index contributed by atoms with van der Waals surface area (Å²) < 4.78 is 6.83. The highest BCUT2D eigenvalue weighted by atomic mass is 16.5. The van der Waals surface area contributed by atoms with E-state index < -0.39 is 76.0 Å². The van der Waals surface area contributed by atoms with E-state index in [0.29, 0.717) is 49.5 Å². The molecule has 12 heteroatoms. The van der Waals surface area contributed by atoms with Gasteiger partial charge in [0.05, 0.1) is 59.0 Å². The maximum atomic E-state index is 16.0. The Morgan fingerprint density at radius 3 is 2.52 bits per heavy atom. The van der Waals surface area contributed by atoms with Crippen LogP contribution in [0.5, 0.6) is 0 Å². The summed E-state index contributed by atoms with van der Waals surface area (Å²) in [5.74, 6) is 6.03. The summed E-state index contributed by atoms with van der Waals surface area (Å²) in [5.41, 5.74) is 2.42. The number of carbonyl (C=O) groups is 1. The third-order valence-corrected chi connectivity index (χ3v) is 19.0. The number of allylic oxidation sites excluding steroid dienone is 6. The lowest BCUT2D eigenvalue weighted by Crippen LogP contribution is -2.71. The number of rotatable bonds is 12. The average Bonchev–Trinajstić information content (AvgIpc) is 3.57. The van der Waals surface area contributed by atoms with Gasteiger partial charge in [-0.3, -0.25) is 4.79 Å². The van der Waals surface area contributed by atoms with Crippen molar-refractivity contribution in [2.45, 2.75) is 184 Å². The van der Waals surface area contributed by atoms with Crippen LogP contribution >= 0.6 is 0 Å². The number of carbonyl (C=O) groups excluding carboxylic acids is 1. The zero-order valence-electron chi connectivity index (χ0n) is 38.6. The van der Waals surface area contributed by atoms with Gasteiger partial charge < -0.3 is 56.8 Å². The molecule has 6 bridgehead atoms. The molecule has 64 heavy (non-hydrogen) atoms. The van der Waals surface area contributed by atoms with Gasteiger partial charge in [0.1, 0.15) is 6.10 Å². The molecule has 19 atom stereocenters. The van der Waals surface area contributed by atoms with Crippen LogP contribution in [-0.2, 0) is 9.53 Å². The second-order valence-corrected chi connectivity index (χ2v) is 22.4. The van der Waals surface area contributed by atoms with Crippen molar-refractivity contribution in [1.29, 1.82) is 0 Å². The van der Waals surface area contributed by atoms with Crippen molar-refractivity contribution in [3.63, 3.8) is 0 Å². The van der Waals surface area contributed by atoms with Crippen molar-refractivity contribution >= 4 is 5.78 Å². The maximum absolute atomic E-state index is 16.0. The number of nitrogens with one attached hydrogen (secondary N) is 2. The highest BCUT2D eigenvalue weighted by Gasteiger charge is 2.77. The van der Waals surface area contributed by atoms with E-state index in [1.54, 1.807) is 13.8 Å². The van der Waals surface area contributed by atoms with Crippen LogP contribution < -0.4 is 16.4 Å². The highest BCUT2D eigenvalue weighted by molar-refractivity contribution is 6.03. The van der Waals surface area contributed by atoms with E-state index in [-0.39, 0.29) is 80.6 Å². The molecule has 10 rings (SSSR count). The molecule has 1 saturated heterocycles. The molecule has 5 fully saturated rings. The molecular weight excluding hydrogens is 811 g/mol. The number of dihydropyridines is 1. The normalized spacial score (nSPS) is 46.5. The van der Waals surface area contributed by atoms with Crippen LogP contribution in [0.25, 0.3) is 0 Å². The minimum Gasteiger partial charge on any atom is -0.396 e. The van der Waals surface area contributed by atoms with Gasteiger partial charge in [0, 0.05) is 43.0 Å². The van der Waals surface area contributed by atoms with Gasteiger partial charge in [0.2, 0.25) is 0 Å². The fourth-order valence-corrected chi connectivity index (χ4v) is 16.1. The molecule has 354 valence electrons. The predicted molar refractivity (Wildman–Crippen MR) is 242 cm³/mol.